The summed E-state index contributed by atoms with van der Waals surface area (Å²) in [6.07, 6.45) is -2.03. The standard InChI is InChI=1S/C23H17F4N7O/c1-13-2-3-14(9-28-13)17-8-21-33(12-20(35)31-19-7-5-16(24)10-29-19)11-15-4-6-18(23(25,26)27)30-22(15)34(21)32-17/h2-10H,11-12H2,1H3,(H,29,31,35). The molecular weight excluding hydrogens is 466 g/mol. The number of nitrogens with zero attached hydrogens (tertiary/aromatic N) is 6. The molecular formula is C23H17F4N7O. The molecule has 5 rings (SSSR count). The van der Waals surface area contributed by atoms with Gasteiger partial charge < -0.3 is 10.2 Å². The highest BCUT2D eigenvalue weighted by atomic mass is 19.4. The van der Waals surface area contributed by atoms with Gasteiger partial charge in [0.1, 0.15) is 23.1 Å². The van der Waals surface area contributed by atoms with Crippen LogP contribution in [-0.4, -0.2) is 37.2 Å². The Morgan fingerprint density at radius 1 is 1.09 bits per heavy atom. The first kappa shape index (κ1) is 22.4. The van der Waals surface area contributed by atoms with Crippen molar-refractivity contribution in [2.24, 2.45) is 0 Å². The number of alkyl halides is 3. The van der Waals surface area contributed by atoms with Crippen LogP contribution < -0.4 is 10.2 Å². The average molecular weight is 483 g/mol. The van der Waals surface area contributed by atoms with E-state index < -0.39 is 23.6 Å². The maximum Gasteiger partial charge on any atom is 0.433 e. The molecule has 12 heteroatoms. The van der Waals surface area contributed by atoms with Crippen LogP contribution in [0.1, 0.15) is 17.0 Å². The molecule has 178 valence electrons. The molecule has 0 unspecified atom stereocenters. The van der Waals surface area contributed by atoms with Crippen molar-refractivity contribution in [3.05, 3.63) is 77.6 Å². The van der Waals surface area contributed by atoms with Gasteiger partial charge in [-0.05, 0) is 37.3 Å². The lowest BCUT2D eigenvalue weighted by atomic mass is 10.1. The Labute approximate surface area is 196 Å². The lowest BCUT2D eigenvalue weighted by Crippen LogP contribution is -2.37. The van der Waals surface area contributed by atoms with Crippen molar-refractivity contribution < 1.29 is 22.4 Å². The summed E-state index contributed by atoms with van der Waals surface area (Å²) < 4.78 is 54.4. The van der Waals surface area contributed by atoms with Gasteiger partial charge in [0.25, 0.3) is 0 Å². The SMILES string of the molecule is Cc1ccc(-c2cc3n(n2)-c2nc(C(F)(F)F)ccc2CN3CC(=O)Nc2ccc(F)cn2)cn1. The molecule has 8 nitrogen and oxygen atoms in total. The molecule has 35 heavy (non-hydrogen) atoms. The highest BCUT2D eigenvalue weighted by Crippen LogP contribution is 2.35. The van der Waals surface area contributed by atoms with Crippen molar-refractivity contribution in [3.63, 3.8) is 0 Å². The van der Waals surface area contributed by atoms with Crippen molar-refractivity contribution >= 4 is 17.5 Å². The van der Waals surface area contributed by atoms with Crippen LogP contribution in [0.3, 0.4) is 0 Å². The third-order valence-electron chi connectivity index (χ3n) is 5.36. The molecule has 5 heterocycles. The summed E-state index contributed by atoms with van der Waals surface area (Å²) in [7, 11) is 0. The third kappa shape index (κ3) is 4.54. The van der Waals surface area contributed by atoms with Crippen molar-refractivity contribution in [1.82, 2.24) is 24.7 Å². The number of fused-ring (bicyclic) bond motifs is 3. The summed E-state index contributed by atoms with van der Waals surface area (Å²) in [4.78, 5) is 26.2. The molecule has 0 aliphatic carbocycles. The van der Waals surface area contributed by atoms with E-state index in [9.17, 15) is 22.4 Å². The molecule has 4 aromatic rings. The minimum atomic E-state index is -4.62. The topological polar surface area (TPSA) is 88.8 Å². The Balaban J connectivity index is 1.51. The Morgan fingerprint density at radius 2 is 1.91 bits per heavy atom. The van der Waals surface area contributed by atoms with E-state index in [1.165, 1.54) is 22.9 Å². The van der Waals surface area contributed by atoms with Crippen LogP contribution in [0.2, 0.25) is 0 Å². The molecule has 1 aliphatic heterocycles. The number of aryl methyl sites for hydroxylation is 1. The number of pyridine rings is 3. The van der Waals surface area contributed by atoms with Crippen LogP contribution in [0.5, 0.6) is 0 Å². The normalized spacial score (nSPS) is 12.8. The average Bonchev–Trinajstić information content (AvgIpc) is 3.26. The van der Waals surface area contributed by atoms with Gasteiger partial charge in [0.2, 0.25) is 5.91 Å². The Kier molecular flexibility index (Phi) is 5.42. The fourth-order valence-corrected chi connectivity index (χ4v) is 3.68. The van der Waals surface area contributed by atoms with Gasteiger partial charge in [-0.2, -0.15) is 23.0 Å². The quantitative estimate of drug-likeness (QED) is 0.439. The van der Waals surface area contributed by atoms with E-state index in [4.69, 9.17) is 0 Å². The van der Waals surface area contributed by atoms with E-state index in [1.54, 1.807) is 29.3 Å². The number of amides is 1. The molecule has 0 saturated heterocycles. The van der Waals surface area contributed by atoms with Crippen LogP contribution in [0, 0.1) is 12.7 Å². The van der Waals surface area contributed by atoms with Gasteiger partial charge in [-0.15, -0.1) is 0 Å². The molecule has 0 bridgehead atoms. The van der Waals surface area contributed by atoms with Crippen molar-refractivity contribution in [3.8, 4) is 17.1 Å². The lowest BCUT2D eigenvalue weighted by Gasteiger charge is -2.30. The van der Waals surface area contributed by atoms with Gasteiger partial charge >= 0.3 is 6.18 Å². The highest BCUT2D eigenvalue weighted by molar-refractivity contribution is 5.93. The van der Waals surface area contributed by atoms with E-state index in [-0.39, 0.29) is 24.7 Å². The molecule has 0 saturated carbocycles. The van der Waals surface area contributed by atoms with Crippen LogP contribution in [0.4, 0.5) is 29.2 Å². The van der Waals surface area contributed by atoms with E-state index in [2.05, 4.69) is 25.4 Å². The highest BCUT2D eigenvalue weighted by Gasteiger charge is 2.35. The lowest BCUT2D eigenvalue weighted by molar-refractivity contribution is -0.141. The van der Waals surface area contributed by atoms with Crippen molar-refractivity contribution in [2.75, 3.05) is 16.8 Å². The number of anilines is 2. The van der Waals surface area contributed by atoms with E-state index in [1.807, 2.05) is 6.92 Å². The maximum atomic E-state index is 13.3. The van der Waals surface area contributed by atoms with Crippen LogP contribution in [0.25, 0.3) is 17.1 Å². The van der Waals surface area contributed by atoms with Crippen LogP contribution >= 0.6 is 0 Å². The van der Waals surface area contributed by atoms with E-state index in [0.717, 1.165) is 18.0 Å². The first-order valence-corrected chi connectivity index (χ1v) is 10.4. The van der Waals surface area contributed by atoms with Gasteiger partial charge in [0, 0.05) is 35.6 Å². The molecule has 0 radical (unpaired) electrons. The minimum absolute atomic E-state index is 0.0398. The summed E-state index contributed by atoms with van der Waals surface area (Å²) in [5.74, 6) is -0.382. The number of hydrogen-bond donors (Lipinski definition) is 1. The Bertz CT molecular complexity index is 1400. The van der Waals surface area contributed by atoms with Crippen LogP contribution in [-0.2, 0) is 17.5 Å². The fraction of sp³-hybridized carbons (Fsp3) is 0.174. The molecule has 1 aliphatic rings. The summed E-state index contributed by atoms with van der Waals surface area (Å²) in [6, 6.07) is 9.99. The first-order chi connectivity index (χ1) is 16.7. The Hall–Kier alpha value is -4.35. The molecule has 0 atom stereocenters. The molecule has 1 amide bonds. The summed E-state index contributed by atoms with van der Waals surface area (Å²) in [5, 5.41) is 7.07. The maximum absolute atomic E-state index is 13.3. The second kappa shape index (κ2) is 8.46. The number of rotatable bonds is 4. The van der Waals surface area contributed by atoms with E-state index in [0.29, 0.717) is 22.6 Å². The van der Waals surface area contributed by atoms with Gasteiger partial charge in [0.15, 0.2) is 5.82 Å². The number of halogens is 4. The van der Waals surface area contributed by atoms with Gasteiger partial charge in [0.05, 0.1) is 18.4 Å². The molecule has 4 aromatic heterocycles. The summed E-state index contributed by atoms with van der Waals surface area (Å²) >= 11 is 0. The zero-order chi connectivity index (χ0) is 24.7. The van der Waals surface area contributed by atoms with Crippen molar-refractivity contribution in [2.45, 2.75) is 19.6 Å². The minimum Gasteiger partial charge on any atom is -0.343 e. The molecule has 0 aromatic carbocycles. The second-order valence-electron chi connectivity index (χ2n) is 7.93. The van der Waals surface area contributed by atoms with Crippen LogP contribution in [0.15, 0.2) is 54.9 Å². The van der Waals surface area contributed by atoms with E-state index >= 15 is 0 Å². The molecule has 0 spiro atoms. The largest absolute Gasteiger partial charge is 0.433 e. The zero-order valence-electron chi connectivity index (χ0n) is 18.2. The third-order valence-corrected chi connectivity index (χ3v) is 5.36. The summed E-state index contributed by atoms with van der Waals surface area (Å²) in [6.45, 7) is 1.80. The zero-order valence-corrected chi connectivity index (χ0v) is 18.2. The second-order valence-corrected chi connectivity index (χ2v) is 7.93. The monoisotopic (exact) mass is 483 g/mol. The number of hydrogen-bond acceptors (Lipinski definition) is 6. The van der Waals surface area contributed by atoms with Crippen molar-refractivity contribution in [1.29, 1.82) is 0 Å². The first-order valence-electron chi connectivity index (χ1n) is 10.4. The number of carbonyl (C=O) groups excluding carboxylic acids is 1. The predicted octanol–water partition coefficient (Wildman–Crippen LogP) is 4.15. The fourth-order valence-electron chi connectivity index (χ4n) is 3.68. The van der Waals surface area contributed by atoms with Gasteiger partial charge in [-0.3, -0.25) is 9.78 Å². The number of carbonyl (C=O) groups is 1. The number of aromatic nitrogens is 5. The smallest absolute Gasteiger partial charge is 0.343 e. The molecule has 0 fully saturated rings. The summed E-state index contributed by atoms with van der Waals surface area (Å²) in [5.41, 5.74) is 1.35. The van der Waals surface area contributed by atoms with Gasteiger partial charge in [-0.25, -0.2) is 14.4 Å². The Morgan fingerprint density at radius 3 is 2.60 bits per heavy atom. The number of nitrogens with one attached hydrogen (secondary N) is 1. The predicted molar refractivity (Wildman–Crippen MR) is 118 cm³/mol. The van der Waals surface area contributed by atoms with Gasteiger partial charge in [-0.1, -0.05) is 6.07 Å². The molecule has 1 N–H and O–H groups in total.